The van der Waals surface area contributed by atoms with E-state index in [2.05, 4.69) is 26.1 Å². The van der Waals surface area contributed by atoms with Crippen molar-refractivity contribution in [3.8, 4) is 11.4 Å². The van der Waals surface area contributed by atoms with Crippen molar-refractivity contribution < 1.29 is 4.39 Å². The van der Waals surface area contributed by atoms with Gasteiger partial charge in [0.15, 0.2) is 5.82 Å². The molecular weight excluding hydrogens is 321 g/mol. The molecule has 96 valence electrons. The van der Waals surface area contributed by atoms with Crippen molar-refractivity contribution >= 4 is 27.5 Å². The third kappa shape index (κ3) is 2.42. The molecule has 0 saturated carbocycles. The molecule has 1 heterocycles. The van der Waals surface area contributed by atoms with Crippen LogP contribution in [-0.2, 0) is 5.33 Å². The number of aromatic nitrogens is 3. The second-order valence-corrected chi connectivity index (χ2v) is 5.16. The van der Waals surface area contributed by atoms with E-state index in [0.717, 1.165) is 5.82 Å². The van der Waals surface area contributed by atoms with Gasteiger partial charge < -0.3 is 4.57 Å². The molecule has 3 nitrogen and oxygen atoms in total. The van der Waals surface area contributed by atoms with Crippen molar-refractivity contribution in [1.29, 1.82) is 0 Å². The monoisotopic (exact) mass is 331 g/mol. The van der Waals surface area contributed by atoms with Crippen LogP contribution in [0.25, 0.3) is 11.4 Å². The van der Waals surface area contributed by atoms with Crippen LogP contribution >= 0.6 is 27.5 Å². The standard InChI is InChI=1S/C12H12BrClFN3/c1-7(2)18-11(6-13)16-17-12(18)9-5-8(14)3-4-10(9)15/h3-5,7H,6H2,1-2H3. The highest BCUT2D eigenvalue weighted by Crippen LogP contribution is 2.28. The zero-order chi connectivity index (χ0) is 13.3. The van der Waals surface area contributed by atoms with E-state index in [0.29, 0.717) is 21.7 Å². The Morgan fingerprint density at radius 3 is 2.72 bits per heavy atom. The van der Waals surface area contributed by atoms with Crippen molar-refractivity contribution in [3.05, 3.63) is 34.9 Å². The molecule has 0 radical (unpaired) electrons. The lowest BCUT2D eigenvalue weighted by molar-refractivity contribution is 0.580. The van der Waals surface area contributed by atoms with E-state index in [1.54, 1.807) is 6.07 Å². The average Bonchev–Trinajstić information content (AvgIpc) is 2.75. The first-order valence-corrected chi connectivity index (χ1v) is 6.99. The summed E-state index contributed by atoms with van der Waals surface area (Å²) >= 11 is 9.26. The van der Waals surface area contributed by atoms with E-state index in [1.807, 2.05) is 18.4 Å². The number of hydrogen-bond acceptors (Lipinski definition) is 2. The van der Waals surface area contributed by atoms with Crippen LogP contribution in [0.15, 0.2) is 18.2 Å². The fourth-order valence-electron chi connectivity index (χ4n) is 1.81. The van der Waals surface area contributed by atoms with Crippen molar-refractivity contribution in [2.75, 3.05) is 0 Å². The molecule has 0 fully saturated rings. The van der Waals surface area contributed by atoms with Gasteiger partial charge in [-0.2, -0.15) is 0 Å². The van der Waals surface area contributed by atoms with Crippen LogP contribution in [0.3, 0.4) is 0 Å². The van der Waals surface area contributed by atoms with Crippen LogP contribution in [-0.4, -0.2) is 14.8 Å². The summed E-state index contributed by atoms with van der Waals surface area (Å²) in [4.78, 5) is 0. The van der Waals surface area contributed by atoms with Crippen LogP contribution in [0.5, 0.6) is 0 Å². The molecule has 0 unspecified atom stereocenters. The Bertz CT molecular complexity index is 568. The molecule has 0 spiro atoms. The molecule has 2 aromatic rings. The normalized spacial score (nSPS) is 11.2. The highest BCUT2D eigenvalue weighted by molar-refractivity contribution is 9.08. The van der Waals surface area contributed by atoms with Crippen molar-refractivity contribution in [2.24, 2.45) is 0 Å². The van der Waals surface area contributed by atoms with E-state index >= 15 is 0 Å². The first-order valence-electron chi connectivity index (χ1n) is 5.49. The Labute approximate surface area is 118 Å². The van der Waals surface area contributed by atoms with Gasteiger partial charge in [-0.25, -0.2) is 4.39 Å². The second kappa shape index (κ2) is 5.36. The fraction of sp³-hybridized carbons (Fsp3) is 0.333. The van der Waals surface area contributed by atoms with Gasteiger partial charge >= 0.3 is 0 Å². The first-order chi connectivity index (χ1) is 8.54. The van der Waals surface area contributed by atoms with Crippen LogP contribution in [0.4, 0.5) is 4.39 Å². The van der Waals surface area contributed by atoms with Crippen LogP contribution < -0.4 is 0 Å². The molecule has 0 bridgehead atoms. The molecule has 0 saturated heterocycles. The lowest BCUT2D eigenvalue weighted by atomic mass is 10.2. The van der Waals surface area contributed by atoms with Crippen molar-refractivity contribution in [3.63, 3.8) is 0 Å². The predicted octanol–water partition coefficient (Wildman–Crippen LogP) is 4.21. The molecule has 0 atom stereocenters. The number of nitrogens with zero attached hydrogens (tertiary/aromatic N) is 3. The van der Waals surface area contributed by atoms with Gasteiger partial charge in [0, 0.05) is 11.1 Å². The van der Waals surface area contributed by atoms with Crippen molar-refractivity contribution in [1.82, 2.24) is 14.8 Å². The Hall–Kier alpha value is -0.940. The summed E-state index contributed by atoms with van der Waals surface area (Å²) in [5.41, 5.74) is 0.371. The molecule has 0 aliphatic heterocycles. The second-order valence-electron chi connectivity index (χ2n) is 4.16. The van der Waals surface area contributed by atoms with E-state index in [4.69, 9.17) is 11.6 Å². The van der Waals surface area contributed by atoms with Gasteiger partial charge in [0.2, 0.25) is 0 Å². The molecular formula is C12H12BrClFN3. The summed E-state index contributed by atoms with van der Waals surface area (Å²) in [5.74, 6) is 0.911. The molecule has 0 aliphatic rings. The molecule has 2 rings (SSSR count). The first kappa shape index (κ1) is 13.5. The molecule has 6 heteroatoms. The van der Waals surface area contributed by atoms with Gasteiger partial charge in [0.1, 0.15) is 11.6 Å². The van der Waals surface area contributed by atoms with Gasteiger partial charge in [0.05, 0.1) is 10.9 Å². The zero-order valence-electron chi connectivity index (χ0n) is 9.99. The van der Waals surface area contributed by atoms with E-state index < -0.39 is 0 Å². The van der Waals surface area contributed by atoms with Gasteiger partial charge in [-0.15, -0.1) is 10.2 Å². The molecule has 1 aromatic heterocycles. The lowest BCUT2D eigenvalue weighted by Crippen LogP contribution is -2.07. The predicted molar refractivity (Wildman–Crippen MR) is 73.4 cm³/mol. The maximum absolute atomic E-state index is 13.9. The van der Waals surface area contributed by atoms with Gasteiger partial charge in [-0.3, -0.25) is 0 Å². The van der Waals surface area contributed by atoms with Crippen LogP contribution in [0.1, 0.15) is 25.7 Å². The molecule has 0 aliphatic carbocycles. The summed E-state index contributed by atoms with van der Waals surface area (Å²) in [7, 11) is 0. The SMILES string of the molecule is CC(C)n1c(CBr)nnc1-c1cc(Cl)ccc1F. The van der Waals surface area contributed by atoms with Gasteiger partial charge in [-0.05, 0) is 32.0 Å². The zero-order valence-corrected chi connectivity index (χ0v) is 12.3. The van der Waals surface area contributed by atoms with Gasteiger partial charge in [-0.1, -0.05) is 27.5 Å². The van der Waals surface area contributed by atoms with Crippen molar-refractivity contribution in [2.45, 2.75) is 25.2 Å². The minimum atomic E-state index is -0.352. The minimum absolute atomic E-state index is 0.140. The lowest BCUT2D eigenvalue weighted by Gasteiger charge is -2.13. The third-order valence-electron chi connectivity index (χ3n) is 2.57. The minimum Gasteiger partial charge on any atom is -0.308 e. The Balaban J connectivity index is 2.63. The molecule has 0 N–H and O–H groups in total. The number of rotatable bonds is 3. The quantitative estimate of drug-likeness (QED) is 0.788. The smallest absolute Gasteiger partial charge is 0.167 e. The highest BCUT2D eigenvalue weighted by Gasteiger charge is 2.18. The summed E-state index contributed by atoms with van der Waals surface area (Å²) in [6.45, 7) is 4.00. The summed E-state index contributed by atoms with van der Waals surface area (Å²) in [5, 5.41) is 9.17. The third-order valence-corrected chi connectivity index (χ3v) is 3.31. The maximum Gasteiger partial charge on any atom is 0.167 e. The molecule has 0 amide bonds. The summed E-state index contributed by atoms with van der Waals surface area (Å²) in [6.07, 6.45) is 0. The van der Waals surface area contributed by atoms with E-state index in [9.17, 15) is 4.39 Å². The molecule has 1 aromatic carbocycles. The number of alkyl halides is 1. The summed E-state index contributed by atoms with van der Waals surface area (Å²) in [6, 6.07) is 4.56. The maximum atomic E-state index is 13.9. The highest BCUT2D eigenvalue weighted by atomic mass is 79.9. The largest absolute Gasteiger partial charge is 0.308 e. The average molecular weight is 333 g/mol. The Morgan fingerprint density at radius 2 is 2.11 bits per heavy atom. The number of benzene rings is 1. The van der Waals surface area contributed by atoms with E-state index in [1.165, 1.54) is 12.1 Å². The Morgan fingerprint density at radius 1 is 1.39 bits per heavy atom. The topological polar surface area (TPSA) is 30.7 Å². The summed E-state index contributed by atoms with van der Waals surface area (Å²) < 4.78 is 15.8. The Kier molecular flexibility index (Phi) is 4.02. The molecule has 18 heavy (non-hydrogen) atoms. The van der Waals surface area contributed by atoms with Gasteiger partial charge in [0.25, 0.3) is 0 Å². The fourth-order valence-corrected chi connectivity index (χ4v) is 2.36. The van der Waals surface area contributed by atoms with Crippen LogP contribution in [0.2, 0.25) is 5.02 Å². The number of hydrogen-bond donors (Lipinski definition) is 0. The van der Waals surface area contributed by atoms with Crippen LogP contribution in [0, 0.1) is 5.82 Å². The number of halogens is 3. The van der Waals surface area contributed by atoms with E-state index in [-0.39, 0.29) is 11.9 Å².